The highest BCUT2D eigenvalue weighted by Crippen LogP contribution is 2.39. The summed E-state index contributed by atoms with van der Waals surface area (Å²) < 4.78 is 5.47. The Hall–Kier alpha value is -0.570. The highest BCUT2D eigenvalue weighted by molar-refractivity contribution is 5.81. The lowest BCUT2D eigenvalue weighted by atomic mass is 9.67. The van der Waals surface area contributed by atoms with E-state index in [9.17, 15) is 4.79 Å². The summed E-state index contributed by atoms with van der Waals surface area (Å²) in [4.78, 5) is 12.8. The van der Waals surface area contributed by atoms with E-state index in [1.165, 1.54) is 44.9 Å². The molecule has 2 aliphatic rings. The monoisotopic (exact) mass is 295 g/mol. The van der Waals surface area contributed by atoms with E-state index in [-0.39, 0.29) is 5.97 Å². The van der Waals surface area contributed by atoms with Gasteiger partial charge in [0.25, 0.3) is 0 Å². The molecule has 2 rings (SSSR count). The normalized spacial score (nSPS) is 35.2. The largest absolute Gasteiger partial charge is 0.465 e. The lowest BCUT2D eigenvalue weighted by Crippen LogP contribution is -2.63. The minimum absolute atomic E-state index is 0.00621. The van der Waals surface area contributed by atoms with E-state index in [1.807, 2.05) is 6.92 Å². The van der Waals surface area contributed by atoms with E-state index in [0.29, 0.717) is 24.5 Å². The van der Waals surface area contributed by atoms with Crippen LogP contribution in [0.5, 0.6) is 0 Å². The van der Waals surface area contributed by atoms with Crippen molar-refractivity contribution >= 4 is 5.97 Å². The lowest BCUT2D eigenvalue weighted by molar-refractivity contribution is -0.157. The first-order valence-corrected chi connectivity index (χ1v) is 9.05. The predicted octanol–water partition coefficient (Wildman–Crippen LogP) is 4.06. The number of hydrogen-bond donors (Lipinski definition) is 1. The van der Waals surface area contributed by atoms with Crippen molar-refractivity contribution in [3.63, 3.8) is 0 Å². The zero-order valence-corrected chi connectivity index (χ0v) is 14.1. The summed E-state index contributed by atoms with van der Waals surface area (Å²) in [5, 5.41) is 3.80. The molecule has 3 atom stereocenters. The highest BCUT2D eigenvalue weighted by Gasteiger charge is 2.49. The van der Waals surface area contributed by atoms with Gasteiger partial charge < -0.3 is 4.74 Å². The van der Waals surface area contributed by atoms with Crippen LogP contribution in [0.3, 0.4) is 0 Å². The van der Waals surface area contributed by atoms with Crippen LogP contribution in [0.4, 0.5) is 0 Å². The van der Waals surface area contributed by atoms with Crippen molar-refractivity contribution in [2.45, 2.75) is 90.1 Å². The third kappa shape index (κ3) is 3.80. The molecular formula is C18H33NO2. The maximum atomic E-state index is 12.8. The first kappa shape index (κ1) is 16.8. The van der Waals surface area contributed by atoms with Crippen molar-refractivity contribution in [3.8, 4) is 0 Å². The molecule has 1 N–H and O–H groups in total. The Bertz CT molecular complexity index is 336. The molecule has 0 aromatic heterocycles. The van der Waals surface area contributed by atoms with E-state index in [2.05, 4.69) is 19.2 Å². The molecule has 0 heterocycles. The molecule has 0 bridgehead atoms. The number of nitrogens with one attached hydrogen (secondary N) is 1. The molecule has 3 nitrogen and oxygen atoms in total. The van der Waals surface area contributed by atoms with Gasteiger partial charge in [-0.25, -0.2) is 0 Å². The second-order valence-electron chi connectivity index (χ2n) is 7.18. The molecule has 0 saturated heterocycles. The number of hydrogen-bond acceptors (Lipinski definition) is 3. The minimum atomic E-state index is -0.442. The van der Waals surface area contributed by atoms with Crippen molar-refractivity contribution in [2.75, 3.05) is 6.61 Å². The molecule has 2 fully saturated rings. The fraction of sp³-hybridized carbons (Fsp3) is 0.944. The zero-order valence-electron chi connectivity index (χ0n) is 14.1. The van der Waals surface area contributed by atoms with E-state index < -0.39 is 5.54 Å². The lowest BCUT2D eigenvalue weighted by Gasteiger charge is -2.46. The van der Waals surface area contributed by atoms with Gasteiger partial charge in [0.05, 0.1) is 6.61 Å². The van der Waals surface area contributed by atoms with Crippen LogP contribution >= 0.6 is 0 Å². The van der Waals surface area contributed by atoms with Gasteiger partial charge in [0.1, 0.15) is 5.54 Å². The molecule has 0 radical (unpaired) electrons. The second kappa shape index (κ2) is 7.62. The van der Waals surface area contributed by atoms with Crippen LogP contribution in [-0.4, -0.2) is 24.2 Å². The summed E-state index contributed by atoms with van der Waals surface area (Å²) in [6.07, 6.45) is 11.0. The average molecular weight is 295 g/mol. The van der Waals surface area contributed by atoms with Gasteiger partial charge in [-0.3, -0.25) is 10.1 Å². The zero-order chi connectivity index (χ0) is 15.3. The number of carbonyl (C=O) groups excluding carboxylic acids is 1. The Kier molecular flexibility index (Phi) is 6.09. The first-order valence-electron chi connectivity index (χ1n) is 9.05. The van der Waals surface area contributed by atoms with Gasteiger partial charge in [-0.15, -0.1) is 0 Å². The van der Waals surface area contributed by atoms with Gasteiger partial charge in [0.15, 0.2) is 0 Å². The molecule has 21 heavy (non-hydrogen) atoms. The third-order valence-corrected chi connectivity index (χ3v) is 5.82. The molecule has 3 heteroatoms. The highest BCUT2D eigenvalue weighted by atomic mass is 16.5. The van der Waals surface area contributed by atoms with Crippen molar-refractivity contribution in [3.05, 3.63) is 0 Å². The fourth-order valence-corrected chi connectivity index (χ4v) is 4.26. The summed E-state index contributed by atoms with van der Waals surface area (Å²) >= 11 is 0. The first-order chi connectivity index (χ1) is 10.1. The second-order valence-corrected chi connectivity index (χ2v) is 7.18. The maximum Gasteiger partial charge on any atom is 0.326 e. The molecule has 3 unspecified atom stereocenters. The molecule has 122 valence electrons. The standard InChI is InChI=1S/C18H33NO2/c1-4-21-17(20)18(13-9-10-14(2)15(18)3)19-16-11-7-5-6-8-12-16/h14-16,19H,4-13H2,1-3H3. The van der Waals surface area contributed by atoms with Crippen LogP contribution in [-0.2, 0) is 9.53 Å². The van der Waals surface area contributed by atoms with Crippen molar-refractivity contribution in [1.82, 2.24) is 5.32 Å². The third-order valence-electron chi connectivity index (χ3n) is 5.82. The minimum Gasteiger partial charge on any atom is -0.465 e. The van der Waals surface area contributed by atoms with Crippen molar-refractivity contribution in [2.24, 2.45) is 11.8 Å². The van der Waals surface area contributed by atoms with Crippen LogP contribution in [0.1, 0.15) is 78.6 Å². The molecular weight excluding hydrogens is 262 g/mol. The van der Waals surface area contributed by atoms with E-state index in [0.717, 1.165) is 12.8 Å². The Labute approximate surface area is 130 Å². The predicted molar refractivity (Wildman–Crippen MR) is 86.2 cm³/mol. The molecule has 0 spiro atoms. The average Bonchev–Trinajstić information content (AvgIpc) is 2.73. The Morgan fingerprint density at radius 2 is 1.76 bits per heavy atom. The van der Waals surface area contributed by atoms with Gasteiger partial charge in [-0.1, -0.05) is 52.4 Å². The van der Waals surface area contributed by atoms with Gasteiger partial charge >= 0.3 is 5.97 Å². The summed E-state index contributed by atoms with van der Waals surface area (Å²) in [5.41, 5.74) is -0.442. The van der Waals surface area contributed by atoms with Gasteiger partial charge in [-0.05, 0) is 38.0 Å². The quantitative estimate of drug-likeness (QED) is 0.628. The number of carbonyl (C=O) groups is 1. The van der Waals surface area contributed by atoms with Gasteiger partial charge in [0, 0.05) is 6.04 Å². The molecule has 2 aliphatic carbocycles. The van der Waals surface area contributed by atoms with Crippen molar-refractivity contribution < 1.29 is 9.53 Å². The molecule has 0 aromatic carbocycles. The number of ether oxygens (including phenoxy) is 1. The van der Waals surface area contributed by atoms with E-state index in [4.69, 9.17) is 4.74 Å². The van der Waals surface area contributed by atoms with E-state index >= 15 is 0 Å². The molecule has 0 aromatic rings. The SMILES string of the molecule is CCOC(=O)C1(NC2CCCCCC2)CCCC(C)C1C. The van der Waals surface area contributed by atoms with Crippen LogP contribution in [0.15, 0.2) is 0 Å². The van der Waals surface area contributed by atoms with Crippen molar-refractivity contribution in [1.29, 1.82) is 0 Å². The Morgan fingerprint density at radius 3 is 2.38 bits per heavy atom. The Balaban J connectivity index is 2.16. The van der Waals surface area contributed by atoms with Crippen LogP contribution in [0.2, 0.25) is 0 Å². The van der Waals surface area contributed by atoms with E-state index in [1.54, 1.807) is 0 Å². The smallest absolute Gasteiger partial charge is 0.326 e. The van der Waals surface area contributed by atoms with Gasteiger partial charge in [0.2, 0.25) is 0 Å². The molecule has 2 saturated carbocycles. The summed E-state index contributed by atoms with van der Waals surface area (Å²) in [6.45, 7) is 6.92. The number of esters is 1. The summed E-state index contributed by atoms with van der Waals surface area (Å²) in [5.74, 6) is 0.934. The van der Waals surface area contributed by atoms with Crippen LogP contribution < -0.4 is 5.32 Å². The Morgan fingerprint density at radius 1 is 1.10 bits per heavy atom. The fourth-order valence-electron chi connectivity index (χ4n) is 4.26. The topological polar surface area (TPSA) is 38.3 Å². The summed E-state index contributed by atoms with van der Waals surface area (Å²) in [6, 6.07) is 0.490. The van der Waals surface area contributed by atoms with Crippen LogP contribution in [0, 0.1) is 11.8 Å². The molecule has 0 aliphatic heterocycles. The number of rotatable bonds is 4. The summed E-state index contributed by atoms with van der Waals surface area (Å²) in [7, 11) is 0. The van der Waals surface area contributed by atoms with Crippen LogP contribution in [0.25, 0.3) is 0 Å². The van der Waals surface area contributed by atoms with Gasteiger partial charge in [-0.2, -0.15) is 0 Å². The molecule has 0 amide bonds. The maximum absolute atomic E-state index is 12.8.